The van der Waals surface area contributed by atoms with Crippen molar-refractivity contribution >= 4 is 32.3 Å². The van der Waals surface area contributed by atoms with Crippen LogP contribution in [0.4, 0.5) is 0 Å². The van der Waals surface area contributed by atoms with Crippen LogP contribution in [0.15, 0.2) is 30.7 Å². The molecule has 24 heteroatoms. The van der Waals surface area contributed by atoms with Gasteiger partial charge in [-0.3, -0.25) is 5.04 Å². The number of nitrogens with one attached hydrogen (secondary N) is 1. The fourth-order valence-corrected chi connectivity index (χ4v) is 13.4. The number of aliphatic hydroxyl groups excluding tert-OH is 1. The van der Waals surface area contributed by atoms with E-state index in [2.05, 4.69) is 43.9 Å². The van der Waals surface area contributed by atoms with Gasteiger partial charge in [0.2, 0.25) is 0 Å². The van der Waals surface area contributed by atoms with Crippen LogP contribution in [0.3, 0.4) is 0 Å². The fraction of sp³-hybridized carbons (Fsp3) is 1.00. The molecule has 17 unspecified atom stereocenters. The van der Waals surface area contributed by atoms with Crippen LogP contribution in [-0.2, 0) is 34.3 Å². The van der Waals surface area contributed by atoms with Gasteiger partial charge < -0.3 is 29.5 Å². The average molecular weight is 898 g/mol. The van der Waals surface area contributed by atoms with E-state index in [1.165, 1.54) is 0 Å². The summed E-state index contributed by atoms with van der Waals surface area (Å²) in [6.07, 6.45) is 9.83. The van der Waals surface area contributed by atoms with Gasteiger partial charge in [0.1, 0.15) is 6.04 Å². The molecule has 2 N–H and O–H groups in total. The van der Waals surface area contributed by atoms with Crippen LogP contribution in [0.1, 0.15) is 123 Å². The van der Waals surface area contributed by atoms with E-state index >= 15 is 0 Å². The van der Waals surface area contributed by atoms with Gasteiger partial charge in [-0.2, -0.15) is 35.0 Å². The van der Waals surface area contributed by atoms with E-state index in [4.69, 9.17) is 20.1 Å². The molecule has 0 amide bonds. The first kappa shape index (κ1) is 55.8. The smallest absolute Gasteiger partial charge is 0.748 e. The summed E-state index contributed by atoms with van der Waals surface area (Å²) >= 11 is 1.05. The van der Waals surface area contributed by atoms with Crippen LogP contribution >= 0.6 is 12.0 Å². The van der Waals surface area contributed by atoms with E-state index in [-0.39, 0.29) is 147 Å². The number of rotatable bonds is 14. The molecule has 17 atom stereocenters. The zero-order chi connectivity index (χ0) is 41.6. The molecule has 0 bridgehead atoms. The molecule has 6 aliphatic carbocycles. The molecule has 0 aliphatic heterocycles. The molecule has 6 rings (SSSR count). The zero-order valence-corrected chi connectivity index (χ0v) is 39.2. The SMILES string of the molecule is COC1CC(N=NC2CCCC(SOO[O-])C2)C(C)CC1N=NC1CCC(N=NC2C(O)C3CC(NC4CCCC(S(=O)(=O)[O-])C4)CCC3CC2S(=O)(=O)[O-])CC1C.[Li+].[Li+].[Li+]. The second-order valence-electron chi connectivity index (χ2n) is 18.1. The van der Waals surface area contributed by atoms with Crippen molar-refractivity contribution in [1.82, 2.24) is 5.32 Å². The Morgan fingerprint density at radius 2 is 1.31 bits per heavy atom. The molecule has 332 valence electrons. The second-order valence-corrected chi connectivity index (χ2v) is 22.3. The first-order chi connectivity index (χ1) is 27.6. The third kappa shape index (κ3) is 15.5. The van der Waals surface area contributed by atoms with Crippen LogP contribution in [0, 0.1) is 23.7 Å². The van der Waals surface area contributed by atoms with Gasteiger partial charge in [-0.15, -0.1) is 0 Å². The van der Waals surface area contributed by atoms with Crippen molar-refractivity contribution in [2.75, 3.05) is 7.11 Å². The third-order valence-corrected chi connectivity index (χ3v) is 17.4. The van der Waals surface area contributed by atoms with E-state index in [1.54, 1.807) is 7.11 Å². The van der Waals surface area contributed by atoms with Crippen molar-refractivity contribution < 1.29 is 107 Å². The Hall–Kier alpha value is 0.522. The van der Waals surface area contributed by atoms with Gasteiger partial charge in [-0.1, -0.05) is 26.7 Å². The van der Waals surface area contributed by atoms with Crippen molar-refractivity contribution in [3.8, 4) is 0 Å². The van der Waals surface area contributed by atoms with E-state index in [9.17, 15) is 36.3 Å². The Labute approximate surface area is 402 Å². The van der Waals surface area contributed by atoms with Crippen molar-refractivity contribution in [3.05, 3.63) is 0 Å². The molecule has 0 heterocycles. The van der Waals surface area contributed by atoms with Crippen molar-refractivity contribution in [3.63, 3.8) is 0 Å². The summed E-state index contributed by atoms with van der Waals surface area (Å²) in [6.45, 7) is 4.25. The molecule has 0 saturated heterocycles. The molecule has 0 aromatic carbocycles. The molecule has 18 nitrogen and oxygen atoms in total. The minimum Gasteiger partial charge on any atom is -0.748 e. The van der Waals surface area contributed by atoms with Gasteiger partial charge >= 0.3 is 56.6 Å². The minimum absolute atomic E-state index is 0. The van der Waals surface area contributed by atoms with Gasteiger partial charge in [-0.25, -0.2) is 16.8 Å². The summed E-state index contributed by atoms with van der Waals surface area (Å²) in [4.78, 5) is 0. The van der Waals surface area contributed by atoms with Gasteiger partial charge in [-0.05, 0) is 114 Å². The van der Waals surface area contributed by atoms with E-state index < -0.39 is 42.9 Å². The largest absolute Gasteiger partial charge is 1.00 e. The van der Waals surface area contributed by atoms with Crippen molar-refractivity contribution in [2.45, 2.75) is 199 Å². The monoisotopic (exact) mass is 897 g/mol. The number of ether oxygens (including phenoxy) is 1. The molecular formula is C37H62Li3N7O11S3. The Bertz CT molecular complexity index is 1660. The van der Waals surface area contributed by atoms with Gasteiger partial charge in [0, 0.05) is 42.9 Å². The average Bonchev–Trinajstić information content (AvgIpc) is 3.18. The number of fused-ring (bicyclic) bond motifs is 1. The number of nitrogens with zero attached hydrogens (tertiary/aromatic N) is 6. The van der Waals surface area contributed by atoms with Crippen LogP contribution in [0.25, 0.3) is 0 Å². The van der Waals surface area contributed by atoms with Crippen LogP contribution < -0.4 is 67.2 Å². The van der Waals surface area contributed by atoms with Crippen molar-refractivity contribution in [2.24, 2.45) is 54.4 Å². The molecule has 0 radical (unpaired) electrons. The van der Waals surface area contributed by atoms with Gasteiger partial charge in [0.25, 0.3) is 0 Å². The summed E-state index contributed by atoms with van der Waals surface area (Å²) in [5.74, 6) is -0.0947. The maximum Gasteiger partial charge on any atom is 1.00 e. The molecule has 61 heavy (non-hydrogen) atoms. The maximum absolute atomic E-state index is 12.5. The van der Waals surface area contributed by atoms with Crippen LogP contribution in [0.5, 0.6) is 0 Å². The Morgan fingerprint density at radius 1 is 0.656 bits per heavy atom. The third-order valence-electron chi connectivity index (χ3n) is 14.1. The van der Waals surface area contributed by atoms with Gasteiger partial charge in [0.05, 0.1) is 73.2 Å². The molecule has 0 aromatic rings. The zero-order valence-electron chi connectivity index (χ0n) is 36.8. The maximum atomic E-state index is 12.5. The van der Waals surface area contributed by atoms with Crippen LogP contribution in [-0.4, -0.2) is 114 Å². The van der Waals surface area contributed by atoms with E-state index in [1.807, 2.05) is 0 Å². The molecule has 6 saturated carbocycles. The fourth-order valence-electron chi connectivity index (χ4n) is 10.8. The number of hydrogen-bond acceptors (Lipinski definition) is 19. The van der Waals surface area contributed by atoms with Gasteiger partial charge in [0.15, 0.2) is 0 Å². The standard InChI is InChI=1S/C37H65N7O11S3.3Li/c1-21-14-27(12-13-31(21)41-43-33-15-22(2)32(20-34(33)53-3)42-39-26-7-4-8-28(17-26)56-55-54-46)40-44-36-35(58(50,51)52)16-23-10-11-25(19-30(23)37(36)45)38-24-6-5-9-29(18-24)57(47,48)49;;;/h21-38,45-46H,4-20H2,1-3H3,(H,47,48,49)(H,50,51,52);;;/q;3*+1/p-3. The minimum atomic E-state index is -4.77. The quantitative estimate of drug-likeness (QED) is 0.0417. The van der Waals surface area contributed by atoms with E-state index in [0.717, 1.165) is 50.6 Å². The number of aliphatic hydroxyl groups is 1. The summed E-state index contributed by atoms with van der Waals surface area (Å²) in [5.41, 5.74) is 0. The number of hydrogen-bond donors (Lipinski definition) is 2. The molecule has 0 aromatic heterocycles. The predicted octanol–water partition coefficient (Wildman–Crippen LogP) is -4.44. The summed E-state index contributed by atoms with van der Waals surface area (Å²) < 4.78 is 83.0. The Morgan fingerprint density at radius 3 is 2.00 bits per heavy atom. The molecule has 6 aliphatic rings. The molecular weight excluding hydrogens is 835 g/mol. The topological polar surface area (TPSA) is 272 Å². The normalized spacial score (nSPS) is 41.4. The first-order valence-electron chi connectivity index (χ1n) is 21.3. The first-order valence-corrected chi connectivity index (χ1v) is 25.1. The molecule has 6 fully saturated rings. The van der Waals surface area contributed by atoms with E-state index in [0.29, 0.717) is 57.8 Å². The van der Waals surface area contributed by atoms with Crippen molar-refractivity contribution in [1.29, 1.82) is 0 Å². The summed E-state index contributed by atoms with van der Waals surface area (Å²) in [5, 5.41) is 54.8. The Balaban J connectivity index is 0.00000331. The number of azo groups is 3. The predicted molar refractivity (Wildman–Crippen MR) is 209 cm³/mol. The Kier molecular flexibility index (Phi) is 23.4. The summed E-state index contributed by atoms with van der Waals surface area (Å²) in [6, 6.07) is -1.58. The molecule has 0 spiro atoms. The van der Waals surface area contributed by atoms with Crippen LogP contribution in [0.2, 0.25) is 0 Å². The summed E-state index contributed by atoms with van der Waals surface area (Å²) in [7, 11) is -7.45. The number of methoxy groups -OCH3 is 1. The second kappa shape index (κ2) is 25.6.